The number of anilines is 1. The molecule has 0 aromatic heterocycles. The molecule has 0 spiro atoms. The van der Waals surface area contributed by atoms with Crippen molar-refractivity contribution >= 4 is 23.3 Å². The molecule has 1 aliphatic rings. The third-order valence-corrected chi connectivity index (χ3v) is 6.94. The van der Waals surface area contributed by atoms with E-state index in [2.05, 4.69) is 5.32 Å². The molecule has 1 N–H and O–H groups in total. The molecule has 1 fully saturated rings. The van der Waals surface area contributed by atoms with Crippen LogP contribution in [-0.2, 0) is 18.1 Å². The quantitative estimate of drug-likeness (QED) is 0.254. The van der Waals surface area contributed by atoms with Crippen molar-refractivity contribution in [1.29, 1.82) is 0 Å². The van der Waals surface area contributed by atoms with E-state index in [-0.39, 0.29) is 13.0 Å². The van der Waals surface area contributed by atoms with Gasteiger partial charge in [0.25, 0.3) is 0 Å². The van der Waals surface area contributed by atoms with Crippen molar-refractivity contribution in [3.8, 4) is 17.2 Å². The van der Waals surface area contributed by atoms with Gasteiger partial charge < -0.3 is 14.8 Å². The van der Waals surface area contributed by atoms with Gasteiger partial charge in [0.2, 0.25) is 0 Å². The molecule has 0 bridgehead atoms. The van der Waals surface area contributed by atoms with E-state index in [1.54, 1.807) is 73.8 Å². The number of halogens is 4. The Labute approximate surface area is 228 Å². The molecule has 0 saturated carbocycles. The van der Waals surface area contributed by atoms with Crippen LogP contribution in [0.5, 0.6) is 17.2 Å². The van der Waals surface area contributed by atoms with Crippen LogP contribution in [0, 0.1) is 0 Å². The highest BCUT2D eigenvalue weighted by atomic mass is 35.5. The summed E-state index contributed by atoms with van der Waals surface area (Å²) in [6, 6.07) is 25.7. The maximum atomic E-state index is 13.7. The normalized spacial score (nSPS) is 17.2. The first kappa shape index (κ1) is 26.4. The third kappa shape index (κ3) is 5.52. The van der Waals surface area contributed by atoms with Crippen molar-refractivity contribution in [1.82, 2.24) is 5.32 Å². The minimum Gasteiger partial charge on any atom is -0.497 e. The van der Waals surface area contributed by atoms with E-state index in [4.69, 9.17) is 21.1 Å². The number of nitrogens with one attached hydrogen (secondary N) is 1. The van der Waals surface area contributed by atoms with Gasteiger partial charge in [0, 0.05) is 23.7 Å². The number of ether oxygens (including phenoxy) is 2. The number of hydrogen-bond donors (Lipinski definition) is 1. The molecule has 4 aromatic rings. The molecule has 9 heteroatoms. The molecule has 5 rings (SSSR count). The summed E-state index contributed by atoms with van der Waals surface area (Å²) in [4.78, 5) is 14.8. The highest BCUT2D eigenvalue weighted by Gasteiger charge is 2.48. The Morgan fingerprint density at radius 1 is 0.897 bits per heavy atom. The van der Waals surface area contributed by atoms with Crippen molar-refractivity contribution in [3.05, 3.63) is 119 Å². The van der Waals surface area contributed by atoms with Gasteiger partial charge in [0.15, 0.2) is 0 Å². The topological polar surface area (TPSA) is 50.8 Å². The standard InChI is InChI=1S/C30H24ClF3N2O3/c1-38-25-11-5-20(6-12-25)18-29(21-3-2-4-22(17-21)30(32,33)34)19-35-28(37)36(29)24-9-15-27(16-10-24)39-26-13-7-23(31)8-14-26/h2-17H,18-19H2,1H3,(H,35,37). The lowest BCUT2D eigenvalue weighted by atomic mass is 9.82. The fourth-order valence-corrected chi connectivity index (χ4v) is 4.91. The molecule has 5 nitrogen and oxygen atoms in total. The number of alkyl halides is 3. The van der Waals surface area contributed by atoms with Crippen LogP contribution in [-0.4, -0.2) is 19.7 Å². The molecular formula is C30H24ClF3N2O3. The monoisotopic (exact) mass is 552 g/mol. The summed E-state index contributed by atoms with van der Waals surface area (Å²) in [7, 11) is 1.56. The molecular weight excluding hydrogens is 529 g/mol. The van der Waals surface area contributed by atoms with Gasteiger partial charge in [-0.1, -0.05) is 35.9 Å². The number of nitrogens with zero attached hydrogens (tertiary/aromatic N) is 1. The number of methoxy groups -OCH3 is 1. The second-order valence-corrected chi connectivity index (χ2v) is 9.62. The van der Waals surface area contributed by atoms with E-state index in [0.29, 0.717) is 33.5 Å². The molecule has 0 aliphatic carbocycles. The van der Waals surface area contributed by atoms with Gasteiger partial charge in [-0.05, 0) is 83.9 Å². The average Bonchev–Trinajstić information content (AvgIpc) is 3.27. The Balaban J connectivity index is 1.55. The van der Waals surface area contributed by atoms with Gasteiger partial charge in [-0.3, -0.25) is 4.90 Å². The number of carbonyl (C=O) groups excluding carboxylic acids is 1. The summed E-state index contributed by atoms with van der Waals surface area (Å²) in [6.45, 7) is 0.113. The Morgan fingerprint density at radius 2 is 1.51 bits per heavy atom. The molecule has 4 aromatic carbocycles. The van der Waals surface area contributed by atoms with E-state index < -0.39 is 23.3 Å². The highest BCUT2D eigenvalue weighted by molar-refractivity contribution is 6.30. The van der Waals surface area contributed by atoms with Crippen LogP contribution in [0.15, 0.2) is 97.1 Å². The number of amides is 2. The minimum atomic E-state index is -4.53. The fraction of sp³-hybridized carbons (Fsp3) is 0.167. The molecule has 1 heterocycles. The number of urea groups is 1. The van der Waals surface area contributed by atoms with Gasteiger partial charge in [-0.2, -0.15) is 13.2 Å². The van der Waals surface area contributed by atoms with E-state index in [9.17, 15) is 18.0 Å². The second-order valence-electron chi connectivity index (χ2n) is 9.18. The zero-order valence-corrected chi connectivity index (χ0v) is 21.6. The van der Waals surface area contributed by atoms with Gasteiger partial charge >= 0.3 is 12.2 Å². The number of rotatable bonds is 7. The lowest BCUT2D eigenvalue weighted by molar-refractivity contribution is -0.137. The number of carbonyl (C=O) groups is 1. The molecule has 2 amide bonds. The van der Waals surface area contributed by atoms with Crippen LogP contribution in [0.3, 0.4) is 0 Å². The van der Waals surface area contributed by atoms with Crippen LogP contribution in [0.2, 0.25) is 5.02 Å². The highest BCUT2D eigenvalue weighted by Crippen LogP contribution is 2.42. The van der Waals surface area contributed by atoms with Crippen molar-refractivity contribution in [2.24, 2.45) is 0 Å². The molecule has 200 valence electrons. The second kappa shape index (κ2) is 10.5. The van der Waals surface area contributed by atoms with Crippen molar-refractivity contribution < 1.29 is 27.4 Å². The predicted octanol–water partition coefficient (Wildman–Crippen LogP) is 7.83. The molecule has 1 atom stereocenters. The van der Waals surface area contributed by atoms with E-state index in [0.717, 1.165) is 17.7 Å². The summed E-state index contributed by atoms with van der Waals surface area (Å²) >= 11 is 5.94. The van der Waals surface area contributed by atoms with Crippen LogP contribution < -0.4 is 19.7 Å². The number of hydrogen-bond acceptors (Lipinski definition) is 3. The fourth-order valence-electron chi connectivity index (χ4n) is 4.78. The van der Waals surface area contributed by atoms with Crippen LogP contribution >= 0.6 is 11.6 Å². The molecule has 1 aliphatic heterocycles. The summed E-state index contributed by atoms with van der Waals surface area (Å²) in [6.07, 6.45) is -4.26. The Hall–Kier alpha value is -4.17. The van der Waals surface area contributed by atoms with Crippen LogP contribution in [0.25, 0.3) is 0 Å². The van der Waals surface area contributed by atoms with Gasteiger partial charge in [0.05, 0.1) is 18.2 Å². The summed E-state index contributed by atoms with van der Waals surface area (Å²) < 4.78 is 52.2. The van der Waals surface area contributed by atoms with E-state index >= 15 is 0 Å². The van der Waals surface area contributed by atoms with Crippen molar-refractivity contribution in [3.63, 3.8) is 0 Å². The maximum Gasteiger partial charge on any atom is 0.416 e. The lowest BCUT2D eigenvalue weighted by Gasteiger charge is -2.38. The van der Waals surface area contributed by atoms with Crippen molar-refractivity contribution in [2.45, 2.75) is 18.1 Å². The smallest absolute Gasteiger partial charge is 0.416 e. The van der Waals surface area contributed by atoms with Gasteiger partial charge in [0.1, 0.15) is 17.2 Å². The van der Waals surface area contributed by atoms with Crippen LogP contribution in [0.1, 0.15) is 16.7 Å². The largest absolute Gasteiger partial charge is 0.497 e. The lowest BCUT2D eigenvalue weighted by Crippen LogP contribution is -2.47. The first-order chi connectivity index (χ1) is 18.7. The first-order valence-electron chi connectivity index (χ1n) is 12.1. The van der Waals surface area contributed by atoms with Crippen LogP contribution in [0.4, 0.5) is 23.7 Å². The third-order valence-electron chi connectivity index (χ3n) is 6.69. The van der Waals surface area contributed by atoms with E-state index in [1.165, 1.54) is 11.0 Å². The molecule has 1 unspecified atom stereocenters. The maximum absolute atomic E-state index is 13.7. The van der Waals surface area contributed by atoms with Gasteiger partial charge in [-0.15, -0.1) is 0 Å². The van der Waals surface area contributed by atoms with E-state index in [1.807, 2.05) is 12.1 Å². The average molecular weight is 553 g/mol. The molecule has 0 radical (unpaired) electrons. The zero-order chi connectivity index (χ0) is 27.6. The first-order valence-corrected chi connectivity index (χ1v) is 12.5. The Morgan fingerprint density at radius 3 is 2.13 bits per heavy atom. The SMILES string of the molecule is COc1ccc(CC2(c3cccc(C(F)(F)F)c3)CNC(=O)N2c2ccc(Oc3ccc(Cl)cc3)cc2)cc1. The van der Waals surface area contributed by atoms with Crippen molar-refractivity contribution in [2.75, 3.05) is 18.6 Å². The minimum absolute atomic E-state index is 0.113. The Bertz CT molecular complexity index is 1460. The zero-order valence-electron chi connectivity index (χ0n) is 20.8. The Kier molecular flexibility index (Phi) is 7.14. The summed E-state index contributed by atoms with van der Waals surface area (Å²) in [5.74, 6) is 1.77. The summed E-state index contributed by atoms with van der Waals surface area (Å²) in [5.41, 5.74) is -0.198. The molecule has 1 saturated heterocycles. The number of benzene rings is 4. The predicted molar refractivity (Wildman–Crippen MR) is 144 cm³/mol. The summed E-state index contributed by atoms with van der Waals surface area (Å²) in [5, 5.41) is 3.44. The van der Waals surface area contributed by atoms with Gasteiger partial charge in [-0.25, -0.2) is 4.79 Å². The molecule has 39 heavy (non-hydrogen) atoms.